The summed E-state index contributed by atoms with van der Waals surface area (Å²) >= 11 is 0. The smallest absolute Gasteiger partial charge is 0.217 e. The van der Waals surface area contributed by atoms with Crippen LogP contribution in [0.25, 0.3) is 0 Å². The average molecular weight is 328 g/mol. The second-order valence-corrected chi connectivity index (χ2v) is 10.0. The molecule has 4 fully saturated rings. The van der Waals surface area contributed by atoms with Crippen LogP contribution in [0.1, 0.15) is 44.9 Å². The highest BCUT2D eigenvalue weighted by Crippen LogP contribution is 2.45. The van der Waals surface area contributed by atoms with E-state index in [1.807, 2.05) is 4.31 Å². The van der Waals surface area contributed by atoms with Gasteiger partial charge in [0.05, 0.1) is 11.9 Å². The second kappa shape index (κ2) is 5.72. The van der Waals surface area contributed by atoms with Crippen LogP contribution in [-0.4, -0.2) is 56.9 Å². The summed E-state index contributed by atoms with van der Waals surface area (Å²) in [7, 11) is -3.09. The lowest BCUT2D eigenvalue weighted by atomic mass is 9.77. The van der Waals surface area contributed by atoms with E-state index in [9.17, 15) is 8.42 Å². The molecule has 2 aliphatic heterocycles. The van der Waals surface area contributed by atoms with Crippen molar-refractivity contribution < 1.29 is 13.2 Å². The summed E-state index contributed by atoms with van der Waals surface area (Å²) in [5.74, 6) is 0.739. The van der Waals surface area contributed by atoms with Crippen LogP contribution in [0, 0.1) is 11.3 Å². The number of ether oxygens (including phenoxy) is 1. The van der Waals surface area contributed by atoms with E-state index < -0.39 is 10.0 Å². The third kappa shape index (κ3) is 3.07. The summed E-state index contributed by atoms with van der Waals surface area (Å²) in [5.41, 5.74) is 0.195. The molecule has 1 N–H and O–H groups in total. The molecular weight excluding hydrogens is 300 g/mol. The molecule has 5 nitrogen and oxygen atoms in total. The zero-order chi connectivity index (χ0) is 15.2. The summed E-state index contributed by atoms with van der Waals surface area (Å²) in [5, 5.41) is 3.31. The summed E-state index contributed by atoms with van der Waals surface area (Å²) in [6.45, 7) is 4.19. The minimum Gasteiger partial charge on any atom is -0.379 e. The summed E-state index contributed by atoms with van der Waals surface area (Å²) in [4.78, 5) is 0. The molecule has 0 aromatic heterocycles. The molecule has 4 rings (SSSR count). The number of rotatable bonds is 6. The number of hydrogen-bond donors (Lipinski definition) is 1. The molecule has 1 atom stereocenters. The first-order chi connectivity index (χ1) is 10.6. The van der Waals surface area contributed by atoms with Gasteiger partial charge in [0.2, 0.25) is 10.0 Å². The standard InChI is InChI=1S/C16H28N2O3S/c19-22(20,15-3-4-15)18-12-16(5-7-17-8-6-16)9-14(18)11-21-10-13-1-2-13/h13-15,17H,1-12H2/t14-/m1/s1. The molecule has 2 saturated carbocycles. The van der Waals surface area contributed by atoms with Crippen LogP contribution >= 0.6 is 0 Å². The van der Waals surface area contributed by atoms with Gasteiger partial charge in [-0.25, -0.2) is 8.42 Å². The van der Waals surface area contributed by atoms with E-state index in [1.54, 1.807) is 0 Å². The molecule has 0 amide bonds. The van der Waals surface area contributed by atoms with Gasteiger partial charge >= 0.3 is 0 Å². The summed E-state index contributed by atoms with van der Waals surface area (Å²) in [6.07, 6.45) is 7.46. The molecule has 126 valence electrons. The van der Waals surface area contributed by atoms with Gasteiger partial charge in [0, 0.05) is 19.2 Å². The molecule has 0 aromatic carbocycles. The van der Waals surface area contributed by atoms with Crippen LogP contribution < -0.4 is 5.32 Å². The quantitative estimate of drug-likeness (QED) is 0.800. The first-order valence-corrected chi connectivity index (χ1v) is 10.4. The molecule has 2 saturated heterocycles. The number of piperidine rings is 1. The van der Waals surface area contributed by atoms with Crippen LogP contribution in [0.5, 0.6) is 0 Å². The maximum absolute atomic E-state index is 12.8. The van der Waals surface area contributed by atoms with Gasteiger partial charge in [0.1, 0.15) is 0 Å². The van der Waals surface area contributed by atoms with E-state index in [4.69, 9.17) is 4.74 Å². The van der Waals surface area contributed by atoms with E-state index in [2.05, 4.69) is 5.32 Å². The largest absolute Gasteiger partial charge is 0.379 e. The Morgan fingerprint density at radius 2 is 1.82 bits per heavy atom. The van der Waals surface area contributed by atoms with Crippen molar-refractivity contribution in [1.29, 1.82) is 0 Å². The molecule has 6 heteroatoms. The van der Waals surface area contributed by atoms with Gasteiger partial charge in [-0.2, -0.15) is 4.31 Å². The maximum atomic E-state index is 12.8. The minimum absolute atomic E-state index is 0.0717. The van der Waals surface area contributed by atoms with Crippen LogP contribution in [0.2, 0.25) is 0 Å². The Morgan fingerprint density at radius 1 is 1.09 bits per heavy atom. The number of nitrogens with zero attached hydrogens (tertiary/aromatic N) is 1. The monoisotopic (exact) mass is 328 g/mol. The fraction of sp³-hybridized carbons (Fsp3) is 1.00. The molecule has 0 radical (unpaired) electrons. The molecule has 2 heterocycles. The highest BCUT2D eigenvalue weighted by Gasteiger charge is 2.52. The van der Waals surface area contributed by atoms with Gasteiger partial charge in [-0.15, -0.1) is 0 Å². The second-order valence-electron chi connectivity index (χ2n) is 7.88. The maximum Gasteiger partial charge on any atom is 0.217 e. The summed E-state index contributed by atoms with van der Waals surface area (Å²) < 4.78 is 33.3. The Kier molecular flexibility index (Phi) is 4.00. The first kappa shape index (κ1) is 15.4. The van der Waals surface area contributed by atoms with Gasteiger partial charge in [0.15, 0.2) is 0 Å². The van der Waals surface area contributed by atoms with E-state index in [1.165, 1.54) is 12.8 Å². The van der Waals surface area contributed by atoms with Gasteiger partial charge in [-0.05, 0) is 69.4 Å². The van der Waals surface area contributed by atoms with Crippen molar-refractivity contribution in [2.24, 2.45) is 11.3 Å². The van der Waals surface area contributed by atoms with E-state index in [-0.39, 0.29) is 16.7 Å². The van der Waals surface area contributed by atoms with Crippen LogP contribution in [0.3, 0.4) is 0 Å². The lowest BCUT2D eigenvalue weighted by molar-refractivity contribution is 0.0896. The number of sulfonamides is 1. The van der Waals surface area contributed by atoms with Crippen molar-refractivity contribution in [2.45, 2.75) is 56.2 Å². The average Bonchev–Trinajstić information content (AvgIpc) is 3.38. The Balaban J connectivity index is 1.46. The van der Waals surface area contributed by atoms with Gasteiger partial charge < -0.3 is 10.1 Å². The molecule has 0 bridgehead atoms. The predicted octanol–water partition coefficient (Wildman–Crippen LogP) is 1.35. The van der Waals surface area contributed by atoms with Crippen LogP contribution in [-0.2, 0) is 14.8 Å². The lowest BCUT2D eigenvalue weighted by Gasteiger charge is -2.33. The molecular formula is C16H28N2O3S. The first-order valence-electron chi connectivity index (χ1n) is 8.88. The number of hydrogen-bond acceptors (Lipinski definition) is 4. The highest BCUT2D eigenvalue weighted by atomic mass is 32.2. The van der Waals surface area contributed by atoms with Gasteiger partial charge in [-0.3, -0.25) is 0 Å². The van der Waals surface area contributed by atoms with Crippen molar-refractivity contribution in [3.63, 3.8) is 0 Å². The van der Waals surface area contributed by atoms with Gasteiger partial charge in [-0.1, -0.05) is 0 Å². The molecule has 0 aromatic rings. The topological polar surface area (TPSA) is 58.6 Å². The molecule has 0 unspecified atom stereocenters. The number of nitrogens with one attached hydrogen (secondary N) is 1. The zero-order valence-electron chi connectivity index (χ0n) is 13.3. The zero-order valence-corrected chi connectivity index (χ0v) is 14.1. The van der Waals surface area contributed by atoms with Crippen LogP contribution in [0.15, 0.2) is 0 Å². The van der Waals surface area contributed by atoms with Crippen molar-refractivity contribution >= 4 is 10.0 Å². The van der Waals surface area contributed by atoms with Gasteiger partial charge in [0.25, 0.3) is 0 Å². The summed E-state index contributed by atoms with van der Waals surface area (Å²) in [6, 6.07) is 0.0717. The van der Waals surface area contributed by atoms with Crippen molar-refractivity contribution in [3.8, 4) is 0 Å². The Bertz CT molecular complexity index is 507. The fourth-order valence-corrected chi connectivity index (χ4v) is 6.22. The van der Waals surface area contributed by atoms with Crippen molar-refractivity contribution in [3.05, 3.63) is 0 Å². The Labute approximate surface area is 133 Å². The lowest BCUT2D eigenvalue weighted by Crippen LogP contribution is -2.42. The minimum atomic E-state index is -3.09. The van der Waals surface area contributed by atoms with E-state index >= 15 is 0 Å². The molecule has 1 spiro atoms. The van der Waals surface area contributed by atoms with Crippen molar-refractivity contribution in [2.75, 3.05) is 32.8 Å². The highest BCUT2D eigenvalue weighted by molar-refractivity contribution is 7.90. The van der Waals surface area contributed by atoms with E-state index in [0.717, 1.165) is 64.3 Å². The normalized spacial score (nSPS) is 32.6. The third-order valence-electron chi connectivity index (χ3n) is 5.86. The Morgan fingerprint density at radius 3 is 2.45 bits per heavy atom. The van der Waals surface area contributed by atoms with E-state index in [0.29, 0.717) is 6.61 Å². The Hall–Kier alpha value is -0.170. The van der Waals surface area contributed by atoms with Crippen molar-refractivity contribution in [1.82, 2.24) is 9.62 Å². The van der Waals surface area contributed by atoms with Crippen LogP contribution in [0.4, 0.5) is 0 Å². The predicted molar refractivity (Wildman–Crippen MR) is 85.1 cm³/mol. The molecule has 4 aliphatic rings. The SMILES string of the molecule is O=S(=O)(C1CC1)N1CC2(CCNCC2)C[C@@H]1COCC1CC1. The molecule has 2 aliphatic carbocycles. The third-order valence-corrected chi connectivity index (χ3v) is 8.26. The molecule has 22 heavy (non-hydrogen) atoms. The fourth-order valence-electron chi connectivity index (χ4n) is 4.10.